The first kappa shape index (κ1) is 13.1. The zero-order valence-corrected chi connectivity index (χ0v) is 11.3. The van der Waals surface area contributed by atoms with E-state index in [2.05, 4.69) is 15.3 Å². The van der Waals surface area contributed by atoms with Crippen LogP contribution in [0.5, 0.6) is 0 Å². The van der Waals surface area contributed by atoms with Crippen LogP contribution in [0.15, 0.2) is 5.10 Å². The molecule has 3 rings (SSSR count). The molecule has 1 N–H and O–H groups in total. The highest BCUT2D eigenvalue weighted by atomic mass is 16.5. The zero-order valence-electron chi connectivity index (χ0n) is 11.3. The summed E-state index contributed by atoms with van der Waals surface area (Å²) in [7, 11) is 1.23. The van der Waals surface area contributed by atoms with Crippen LogP contribution in [0.25, 0.3) is 0 Å². The first-order valence-electron chi connectivity index (χ1n) is 6.93. The SMILES string of the molecule is COC(=O)C1=NN[C@H]2C(=O)N(C3CCCCC3)C(=O)[C@H]12. The van der Waals surface area contributed by atoms with E-state index in [1.165, 1.54) is 12.0 Å². The predicted octanol–water partition coefficient (Wildman–Crippen LogP) is -0.195. The first-order valence-corrected chi connectivity index (χ1v) is 6.93. The van der Waals surface area contributed by atoms with Crippen molar-refractivity contribution in [2.24, 2.45) is 11.0 Å². The van der Waals surface area contributed by atoms with Gasteiger partial charge >= 0.3 is 5.97 Å². The van der Waals surface area contributed by atoms with Gasteiger partial charge in [-0.05, 0) is 12.8 Å². The van der Waals surface area contributed by atoms with Crippen molar-refractivity contribution in [1.82, 2.24) is 10.3 Å². The van der Waals surface area contributed by atoms with Crippen LogP contribution in [0, 0.1) is 5.92 Å². The molecule has 7 nitrogen and oxygen atoms in total. The largest absolute Gasteiger partial charge is 0.464 e. The number of ether oxygens (including phenoxy) is 1. The van der Waals surface area contributed by atoms with Crippen LogP contribution in [0.1, 0.15) is 32.1 Å². The molecule has 108 valence electrons. The van der Waals surface area contributed by atoms with Crippen molar-refractivity contribution in [3.8, 4) is 0 Å². The molecule has 0 bridgehead atoms. The van der Waals surface area contributed by atoms with Crippen molar-refractivity contribution in [2.75, 3.05) is 7.11 Å². The highest BCUT2D eigenvalue weighted by Gasteiger charge is 2.56. The fourth-order valence-electron chi connectivity index (χ4n) is 3.28. The van der Waals surface area contributed by atoms with Gasteiger partial charge in [0.05, 0.1) is 7.11 Å². The van der Waals surface area contributed by atoms with E-state index in [-0.39, 0.29) is 23.6 Å². The Morgan fingerprint density at radius 3 is 2.60 bits per heavy atom. The molecule has 3 aliphatic rings. The molecule has 0 unspecified atom stereocenters. The Hall–Kier alpha value is -1.92. The van der Waals surface area contributed by atoms with Crippen LogP contribution in [0.2, 0.25) is 0 Å². The molecular formula is C13H17N3O4. The normalized spacial score (nSPS) is 30.1. The maximum Gasteiger partial charge on any atom is 0.355 e. The number of likely N-dealkylation sites (tertiary alicyclic amines) is 1. The van der Waals surface area contributed by atoms with Crippen molar-refractivity contribution >= 4 is 23.5 Å². The Morgan fingerprint density at radius 1 is 1.25 bits per heavy atom. The molecule has 2 amide bonds. The molecule has 2 fully saturated rings. The Bertz CT molecular complexity index is 496. The number of fused-ring (bicyclic) bond motifs is 1. The quantitative estimate of drug-likeness (QED) is 0.559. The van der Waals surface area contributed by atoms with Gasteiger partial charge in [-0.2, -0.15) is 5.10 Å². The Labute approximate surface area is 116 Å². The van der Waals surface area contributed by atoms with E-state index < -0.39 is 17.9 Å². The molecule has 2 atom stereocenters. The number of nitrogens with zero attached hydrogens (tertiary/aromatic N) is 2. The highest BCUT2D eigenvalue weighted by molar-refractivity contribution is 6.44. The molecular weight excluding hydrogens is 262 g/mol. The minimum absolute atomic E-state index is 0.00848. The van der Waals surface area contributed by atoms with Gasteiger partial charge in [0.1, 0.15) is 12.0 Å². The number of methoxy groups -OCH3 is 1. The third-order valence-electron chi connectivity index (χ3n) is 4.29. The molecule has 1 saturated carbocycles. The molecule has 20 heavy (non-hydrogen) atoms. The van der Waals surface area contributed by atoms with Gasteiger partial charge in [-0.25, -0.2) is 4.79 Å². The standard InChI is InChI=1S/C13H17N3O4/c1-20-13(19)10-8-9(14-15-10)12(18)16(11(8)17)7-5-3-2-4-6-7/h7-9,14H,2-6H2,1H3/t8-,9+/m0/s1. The second kappa shape index (κ2) is 4.88. The average Bonchev–Trinajstić information content (AvgIpc) is 3.01. The van der Waals surface area contributed by atoms with Crippen molar-refractivity contribution in [3.05, 3.63) is 0 Å². The van der Waals surface area contributed by atoms with Crippen LogP contribution in [-0.4, -0.2) is 47.6 Å². The van der Waals surface area contributed by atoms with Crippen LogP contribution < -0.4 is 5.43 Å². The van der Waals surface area contributed by atoms with Crippen molar-refractivity contribution < 1.29 is 19.1 Å². The molecule has 0 spiro atoms. The summed E-state index contributed by atoms with van der Waals surface area (Å²) in [5, 5.41) is 3.80. The van der Waals surface area contributed by atoms with E-state index in [0.717, 1.165) is 32.1 Å². The number of carbonyl (C=O) groups excluding carboxylic acids is 3. The monoisotopic (exact) mass is 279 g/mol. The predicted molar refractivity (Wildman–Crippen MR) is 68.6 cm³/mol. The number of hydrogen-bond acceptors (Lipinski definition) is 6. The van der Waals surface area contributed by atoms with E-state index in [0.29, 0.717) is 0 Å². The minimum atomic E-state index is -0.822. The molecule has 7 heteroatoms. The number of carbonyl (C=O) groups is 3. The molecule has 0 aromatic heterocycles. The number of hydrogen-bond donors (Lipinski definition) is 1. The maximum atomic E-state index is 12.5. The van der Waals surface area contributed by atoms with E-state index in [1.54, 1.807) is 0 Å². The summed E-state index contributed by atoms with van der Waals surface area (Å²) in [6.07, 6.45) is 4.90. The highest BCUT2D eigenvalue weighted by Crippen LogP contribution is 2.32. The van der Waals surface area contributed by atoms with Gasteiger partial charge < -0.3 is 4.74 Å². The summed E-state index contributed by atoms with van der Waals surface area (Å²) in [4.78, 5) is 37.8. The summed E-state index contributed by atoms with van der Waals surface area (Å²) in [5.41, 5.74) is 2.62. The second-order valence-corrected chi connectivity index (χ2v) is 5.41. The number of amides is 2. The molecule has 2 aliphatic heterocycles. The summed E-state index contributed by atoms with van der Waals surface area (Å²) in [5.74, 6) is -2.07. The fraction of sp³-hybridized carbons (Fsp3) is 0.692. The number of imide groups is 1. The third kappa shape index (κ3) is 1.80. The zero-order chi connectivity index (χ0) is 14.3. The number of esters is 1. The van der Waals surface area contributed by atoms with Crippen molar-refractivity contribution in [1.29, 1.82) is 0 Å². The lowest BCUT2D eigenvalue weighted by Crippen LogP contribution is -2.44. The number of nitrogens with one attached hydrogen (secondary N) is 1. The first-order chi connectivity index (χ1) is 9.65. The maximum absolute atomic E-state index is 12.5. The molecule has 0 radical (unpaired) electrons. The van der Waals surface area contributed by atoms with Crippen LogP contribution in [0.3, 0.4) is 0 Å². The summed E-state index contributed by atoms with van der Waals surface area (Å²) >= 11 is 0. The lowest BCUT2D eigenvalue weighted by Gasteiger charge is -2.30. The van der Waals surface area contributed by atoms with Gasteiger partial charge in [0, 0.05) is 6.04 Å². The van der Waals surface area contributed by atoms with Gasteiger partial charge in [0.15, 0.2) is 5.71 Å². The molecule has 1 saturated heterocycles. The molecule has 0 aromatic carbocycles. The number of rotatable bonds is 2. The smallest absolute Gasteiger partial charge is 0.355 e. The molecule has 2 heterocycles. The Morgan fingerprint density at radius 2 is 1.95 bits per heavy atom. The van der Waals surface area contributed by atoms with E-state index in [4.69, 9.17) is 0 Å². The lowest BCUT2D eigenvalue weighted by molar-refractivity contribution is -0.143. The number of hydrazone groups is 1. The Kier molecular flexibility index (Phi) is 3.19. The molecule has 1 aliphatic carbocycles. The minimum Gasteiger partial charge on any atom is -0.464 e. The van der Waals surface area contributed by atoms with Gasteiger partial charge in [0.2, 0.25) is 5.91 Å². The third-order valence-corrected chi connectivity index (χ3v) is 4.29. The van der Waals surface area contributed by atoms with Crippen molar-refractivity contribution in [2.45, 2.75) is 44.2 Å². The van der Waals surface area contributed by atoms with Crippen LogP contribution in [0.4, 0.5) is 0 Å². The Balaban J connectivity index is 1.84. The van der Waals surface area contributed by atoms with E-state index in [1.807, 2.05) is 0 Å². The summed E-state index contributed by atoms with van der Waals surface area (Å²) < 4.78 is 4.61. The molecule has 0 aromatic rings. The van der Waals surface area contributed by atoms with E-state index >= 15 is 0 Å². The summed E-state index contributed by atoms with van der Waals surface area (Å²) in [6.45, 7) is 0. The van der Waals surface area contributed by atoms with Crippen molar-refractivity contribution in [3.63, 3.8) is 0 Å². The van der Waals surface area contributed by atoms with Gasteiger partial charge in [-0.3, -0.25) is 19.9 Å². The van der Waals surface area contributed by atoms with Crippen LogP contribution in [-0.2, 0) is 19.1 Å². The lowest BCUT2D eigenvalue weighted by atomic mass is 9.94. The van der Waals surface area contributed by atoms with Crippen LogP contribution >= 0.6 is 0 Å². The second-order valence-electron chi connectivity index (χ2n) is 5.41. The van der Waals surface area contributed by atoms with E-state index in [9.17, 15) is 14.4 Å². The topological polar surface area (TPSA) is 88.1 Å². The van der Waals surface area contributed by atoms with Gasteiger partial charge in [0.25, 0.3) is 5.91 Å². The average molecular weight is 279 g/mol. The van der Waals surface area contributed by atoms with Gasteiger partial charge in [-0.1, -0.05) is 19.3 Å². The fourth-order valence-corrected chi connectivity index (χ4v) is 3.28. The van der Waals surface area contributed by atoms with Gasteiger partial charge in [-0.15, -0.1) is 0 Å². The summed E-state index contributed by atoms with van der Waals surface area (Å²) in [6, 6.07) is -0.770.